The highest BCUT2D eigenvalue weighted by Gasteiger charge is 2.17. The third kappa shape index (κ3) is 2.51. The molecule has 1 aliphatic rings. The van der Waals surface area contributed by atoms with E-state index in [-0.39, 0.29) is 11.9 Å². The quantitative estimate of drug-likeness (QED) is 0.719. The van der Waals surface area contributed by atoms with Crippen molar-refractivity contribution < 1.29 is 9.26 Å². The van der Waals surface area contributed by atoms with Crippen LogP contribution in [0.15, 0.2) is 9.32 Å². The number of nitrogens with zero attached hydrogens (tertiary/aromatic N) is 3. The molecule has 1 saturated heterocycles. The zero-order chi connectivity index (χ0) is 11.5. The first-order valence-electron chi connectivity index (χ1n) is 5.54. The molecule has 2 rings (SSSR count). The highest BCUT2D eigenvalue weighted by Crippen LogP contribution is 2.04. The summed E-state index contributed by atoms with van der Waals surface area (Å²) in [6.45, 7) is 7.88. The minimum absolute atomic E-state index is 0.272. The van der Waals surface area contributed by atoms with Crippen molar-refractivity contribution in [2.24, 2.45) is 0 Å². The molecule has 0 amide bonds. The molecule has 90 valence electrons. The zero-order valence-electron chi connectivity index (χ0n) is 9.68. The number of hydrogen-bond donors (Lipinski definition) is 0. The Morgan fingerprint density at radius 1 is 1.50 bits per heavy atom. The molecule has 0 spiro atoms. The molecule has 0 aromatic carbocycles. The molecule has 16 heavy (non-hydrogen) atoms. The third-order valence-electron chi connectivity index (χ3n) is 2.83. The maximum absolute atomic E-state index is 11.3. The van der Waals surface area contributed by atoms with Gasteiger partial charge in [0, 0.05) is 26.2 Å². The molecular formula is C10H17N3O3. The van der Waals surface area contributed by atoms with Gasteiger partial charge < -0.3 is 4.74 Å². The van der Waals surface area contributed by atoms with Gasteiger partial charge in [-0.2, -0.15) is 0 Å². The lowest BCUT2D eigenvalue weighted by Gasteiger charge is -2.30. The Labute approximate surface area is 93.8 Å². The predicted molar refractivity (Wildman–Crippen MR) is 57.4 cm³/mol. The van der Waals surface area contributed by atoms with Crippen molar-refractivity contribution >= 4 is 0 Å². The van der Waals surface area contributed by atoms with E-state index in [1.54, 1.807) is 11.5 Å². The van der Waals surface area contributed by atoms with E-state index in [1.165, 1.54) is 0 Å². The molecule has 6 heteroatoms. The summed E-state index contributed by atoms with van der Waals surface area (Å²) in [5, 5.41) is 3.63. The van der Waals surface area contributed by atoms with Crippen LogP contribution < -0.4 is 5.76 Å². The number of aryl methyl sites for hydroxylation is 1. The minimum Gasteiger partial charge on any atom is -0.376 e. The highest BCUT2D eigenvalue weighted by molar-refractivity contribution is 4.79. The van der Waals surface area contributed by atoms with Gasteiger partial charge in [-0.15, -0.1) is 0 Å². The fraction of sp³-hybridized carbons (Fsp3) is 0.800. The van der Waals surface area contributed by atoms with Crippen LogP contribution in [0.5, 0.6) is 0 Å². The van der Waals surface area contributed by atoms with Gasteiger partial charge in [0.2, 0.25) is 0 Å². The minimum atomic E-state index is -0.376. The summed E-state index contributed by atoms with van der Waals surface area (Å²) in [6, 6.07) is 0. The van der Waals surface area contributed by atoms with Crippen LogP contribution in [0.4, 0.5) is 0 Å². The molecule has 1 aromatic heterocycles. The summed E-state index contributed by atoms with van der Waals surface area (Å²) < 4.78 is 11.6. The lowest BCUT2D eigenvalue weighted by molar-refractivity contribution is -0.0192. The second kappa shape index (κ2) is 4.80. The molecular weight excluding hydrogens is 210 g/mol. The summed E-state index contributed by atoms with van der Waals surface area (Å²) in [5.41, 5.74) is 0. The molecule has 0 saturated carbocycles. The Kier molecular flexibility index (Phi) is 3.40. The fourth-order valence-corrected chi connectivity index (χ4v) is 1.92. The maximum atomic E-state index is 11.3. The first-order valence-corrected chi connectivity index (χ1v) is 5.54. The third-order valence-corrected chi connectivity index (χ3v) is 2.83. The standard InChI is InChI=1S/C10H17N3O3/c1-8-7-12(5-6-15-8)3-4-13-9(2)11-16-10(13)14/h8H,3-7H2,1-2H3. The van der Waals surface area contributed by atoms with Crippen molar-refractivity contribution in [2.45, 2.75) is 26.5 Å². The van der Waals surface area contributed by atoms with E-state index in [0.29, 0.717) is 12.4 Å². The monoisotopic (exact) mass is 227 g/mol. The van der Waals surface area contributed by atoms with Gasteiger partial charge in [0.25, 0.3) is 0 Å². The number of hydrogen-bond acceptors (Lipinski definition) is 5. The van der Waals surface area contributed by atoms with E-state index in [1.807, 2.05) is 0 Å². The van der Waals surface area contributed by atoms with Crippen LogP contribution in [0.3, 0.4) is 0 Å². The molecule has 1 fully saturated rings. The summed E-state index contributed by atoms with van der Waals surface area (Å²) in [5.74, 6) is 0.255. The first-order chi connectivity index (χ1) is 7.66. The van der Waals surface area contributed by atoms with E-state index in [2.05, 4.69) is 21.5 Å². The van der Waals surface area contributed by atoms with Crippen molar-refractivity contribution in [1.29, 1.82) is 0 Å². The number of morpholine rings is 1. The summed E-state index contributed by atoms with van der Waals surface area (Å²) >= 11 is 0. The van der Waals surface area contributed by atoms with Gasteiger partial charge in [0.1, 0.15) is 0 Å². The molecule has 0 bridgehead atoms. The first kappa shape index (κ1) is 11.3. The van der Waals surface area contributed by atoms with Crippen molar-refractivity contribution in [3.05, 3.63) is 16.4 Å². The molecule has 0 N–H and O–H groups in total. The summed E-state index contributed by atoms with van der Waals surface area (Å²) in [4.78, 5) is 13.6. The van der Waals surface area contributed by atoms with Crippen LogP contribution in [-0.4, -0.2) is 47.0 Å². The van der Waals surface area contributed by atoms with E-state index in [0.717, 1.165) is 26.2 Å². The predicted octanol–water partition coefficient (Wildman–Crippen LogP) is -0.135. The van der Waals surface area contributed by atoms with E-state index in [9.17, 15) is 4.79 Å². The lowest BCUT2D eigenvalue weighted by atomic mass is 10.3. The Balaban J connectivity index is 1.90. The van der Waals surface area contributed by atoms with Gasteiger partial charge in [-0.1, -0.05) is 5.16 Å². The summed E-state index contributed by atoms with van der Waals surface area (Å²) in [6.07, 6.45) is 0.272. The zero-order valence-corrected chi connectivity index (χ0v) is 9.68. The number of rotatable bonds is 3. The second-order valence-electron chi connectivity index (χ2n) is 4.13. The largest absolute Gasteiger partial charge is 0.441 e. The number of aromatic nitrogens is 2. The average Bonchev–Trinajstić information content (AvgIpc) is 2.56. The highest BCUT2D eigenvalue weighted by atomic mass is 16.5. The van der Waals surface area contributed by atoms with Crippen molar-refractivity contribution in [1.82, 2.24) is 14.6 Å². The van der Waals surface area contributed by atoms with Crippen molar-refractivity contribution in [2.75, 3.05) is 26.2 Å². The van der Waals surface area contributed by atoms with Crippen LogP contribution in [-0.2, 0) is 11.3 Å². The normalized spacial score (nSPS) is 22.5. The Morgan fingerprint density at radius 3 is 2.94 bits per heavy atom. The van der Waals surface area contributed by atoms with Crippen LogP contribution in [0, 0.1) is 6.92 Å². The van der Waals surface area contributed by atoms with Gasteiger partial charge in [-0.05, 0) is 13.8 Å². The number of ether oxygens (including phenoxy) is 1. The van der Waals surface area contributed by atoms with Gasteiger partial charge in [0.05, 0.1) is 12.7 Å². The van der Waals surface area contributed by atoms with Gasteiger partial charge in [0.15, 0.2) is 5.82 Å². The Morgan fingerprint density at radius 2 is 2.31 bits per heavy atom. The average molecular weight is 227 g/mol. The SMILES string of the molecule is Cc1noc(=O)n1CCN1CCOC(C)C1. The summed E-state index contributed by atoms with van der Waals surface area (Å²) in [7, 11) is 0. The molecule has 1 unspecified atom stereocenters. The molecule has 1 aromatic rings. The molecule has 1 atom stereocenters. The second-order valence-corrected chi connectivity index (χ2v) is 4.13. The smallest absolute Gasteiger partial charge is 0.376 e. The molecule has 6 nitrogen and oxygen atoms in total. The topological polar surface area (TPSA) is 60.5 Å². The lowest BCUT2D eigenvalue weighted by Crippen LogP contribution is -2.43. The van der Waals surface area contributed by atoms with E-state index >= 15 is 0 Å². The molecule has 1 aliphatic heterocycles. The van der Waals surface area contributed by atoms with Crippen molar-refractivity contribution in [3.63, 3.8) is 0 Å². The van der Waals surface area contributed by atoms with Crippen LogP contribution in [0.2, 0.25) is 0 Å². The van der Waals surface area contributed by atoms with Gasteiger partial charge >= 0.3 is 5.76 Å². The van der Waals surface area contributed by atoms with E-state index < -0.39 is 0 Å². The fourth-order valence-electron chi connectivity index (χ4n) is 1.92. The maximum Gasteiger partial charge on any atom is 0.441 e. The van der Waals surface area contributed by atoms with Crippen LogP contribution in [0.25, 0.3) is 0 Å². The molecule has 0 radical (unpaired) electrons. The molecule has 0 aliphatic carbocycles. The van der Waals surface area contributed by atoms with Crippen LogP contribution >= 0.6 is 0 Å². The Bertz CT molecular complexity index is 398. The van der Waals surface area contributed by atoms with Gasteiger partial charge in [-0.3, -0.25) is 14.0 Å². The van der Waals surface area contributed by atoms with Gasteiger partial charge in [-0.25, -0.2) is 4.79 Å². The Hall–Kier alpha value is -1.14. The van der Waals surface area contributed by atoms with Crippen LogP contribution in [0.1, 0.15) is 12.7 Å². The van der Waals surface area contributed by atoms with Crippen molar-refractivity contribution in [3.8, 4) is 0 Å². The molecule has 2 heterocycles. The van der Waals surface area contributed by atoms with E-state index in [4.69, 9.17) is 4.74 Å².